The van der Waals surface area contributed by atoms with Crippen molar-refractivity contribution in [3.05, 3.63) is 100 Å². The second-order valence-electron chi connectivity index (χ2n) is 6.85. The van der Waals surface area contributed by atoms with Crippen molar-refractivity contribution in [2.24, 2.45) is 7.05 Å². The van der Waals surface area contributed by atoms with Crippen LogP contribution in [0.2, 0.25) is 0 Å². The number of aryl methyl sites for hydroxylation is 1. The van der Waals surface area contributed by atoms with Gasteiger partial charge < -0.3 is 15.0 Å². The molecule has 0 bridgehead atoms. The maximum absolute atomic E-state index is 12.9. The summed E-state index contributed by atoms with van der Waals surface area (Å²) in [6, 6.07) is 24.9. The van der Waals surface area contributed by atoms with E-state index in [-0.39, 0.29) is 12.1 Å². The summed E-state index contributed by atoms with van der Waals surface area (Å²) >= 11 is 0. The number of nitrogens with one attached hydrogen (secondary N) is 1. The first-order chi connectivity index (χ1) is 14.1. The highest BCUT2D eigenvalue weighted by Crippen LogP contribution is 2.24. The lowest BCUT2D eigenvalue weighted by Gasteiger charge is -2.13. The Labute approximate surface area is 167 Å². The number of aromatic nitrogens is 1. The van der Waals surface area contributed by atoms with Gasteiger partial charge in [0.2, 0.25) is 0 Å². The molecule has 1 aromatic heterocycles. The van der Waals surface area contributed by atoms with Crippen LogP contribution in [0.4, 0.5) is 0 Å². The molecule has 0 radical (unpaired) electrons. The molecule has 3 aromatic carbocycles. The first-order valence-electron chi connectivity index (χ1n) is 9.29. The highest BCUT2D eigenvalue weighted by Gasteiger charge is 2.20. The molecule has 4 aromatic rings. The summed E-state index contributed by atoms with van der Waals surface area (Å²) in [5.41, 5.74) is 3.07. The Kier molecular flexibility index (Phi) is 4.87. The van der Waals surface area contributed by atoms with E-state index in [1.807, 2.05) is 54.6 Å². The van der Waals surface area contributed by atoms with E-state index in [2.05, 4.69) is 5.32 Å². The molecule has 4 rings (SSSR count). The molecule has 0 fully saturated rings. The summed E-state index contributed by atoms with van der Waals surface area (Å²) in [6.45, 7) is 0.280. The van der Waals surface area contributed by atoms with Crippen LogP contribution < -0.4 is 10.9 Å². The largest absolute Gasteiger partial charge is 0.502 e. The molecule has 0 saturated carbocycles. The molecule has 0 aliphatic carbocycles. The van der Waals surface area contributed by atoms with Crippen molar-refractivity contribution in [1.82, 2.24) is 9.88 Å². The zero-order chi connectivity index (χ0) is 20.4. The van der Waals surface area contributed by atoms with Crippen molar-refractivity contribution in [2.45, 2.75) is 6.54 Å². The predicted octanol–water partition coefficient (Wildman–Crippen LogP) is 3.84. The van der Waals surface area contributed by atoms with Crippen molar-refractivity contribution in [1.29, 1.82) is 0 Å². The van der Waals surface area contributed by atoms with Crippen LogP contribution in [0.5, 0.6) is 5.75 Å². The highest BCUT2D eigenvalue weighted by molar-refractivity contribution is 6.08. The zero-order valence-corrected chi connectivity index (χ0v) is 15.9. The van der Waals surface area contributed by atoms with E-state index in [0.717, 1.165) is 16.7 Å². The molecule has 0 aliphatic rings. The van der Waals surface area contributed by atoms with E-state index in [0.29, 0.717) is 10.9 Å². The number of para-hydroxylation sites is 1. The fourth-order valence-electron chi connectivity index (χ4n) is 3.47. The third kappa shape index (κ3) is 3.50. The van der Waals surface area contributed by atoms with Crippen LogP contribution in [0, 0.1) is 0 Å². The maximum Gasteiger partial charge on any atom is 0.293 e. The number of rotatable bonds is 4. The molecule has 144 valence electrons. The third-order valence-electron chi connectivity index (χ3n) is 4.99. The van der Waals surface area contributed by atoms with Gasteiger partial charge in [0.25, 0.3) is 11.5 Å². The van der Waals surface area contributed by atoms with Crippen LogP contribution >= 0.6 is 0 Å². The van der Waals surface area contributed by atoms with Crippen LogP contribution in [0.3, 0.4) is 0 Å². The summed E-state index contributed by atoms with van der Waals surface area (Å²) in [5, 5.41) is 13.7. The number of nitrogens with zero attached hydrogens (tertiary/aromatic N) is 1. The van der Waals surface area contributed by atoms with Gasteiger partial charge in [-0.15, -0.1) is 0 Å². The standard InChI is InChI=1S/C24H20N2O3/c1-26-20-13-6-5-12-19(20)21(22(27)24(26)29)23(28)25-15-16-8-7-11-18(14-16)17-9-3-2-4-10-17/h2-14,27H,15H2,1H3,(H,25,28). The normalized spacial score (nSPS) is 10.8. The second-order valence-corrected chi connectivity index (χ2v) is 6.85. The number of pyridine rings is 1. The topological polar surface area (TPSA) is 71.3 Å². The minimum absolute atomic E-state index is 0.00270. The molecule has 0 unspecified atom stereocenters. The Balaban J connectivity index is 1.63. The summed E-state index contributed by atoms with van der Waals surface area (Å²) in [4.78, 5) is 25.2. The van der Waals surface area contributed by atoms with Crippen LogP contribution in [0.15, 0.2) is 83.7 Å². The van der Waals surface area contributed by atoms with Crippen molar-refractivity contribution in [3.63, 3.8) is 0 Å². The molecule has 2 N–H and O–H groups in total. The lowest BCUT2D eigenvalue weighted by Crippen LogP contribution is -2.27. The lowest BCUT2D eigenvalue weighted by molar-refractivity contribution is 0.0949. The number of aromatic hydroxyl groups is 1. The van der Waals surface area contributed by atoms with Gasteiger partial charge in [0.15, 0.2) is 5.75 Å². The average Bonchev–Trinajstić information content (AvgIpc) is 2.77. The van der Waals surface area contributed by atoms with Crippen molar-refractivity contribution in [3.8, 4) is 16.9 Å². The number of amides is 1. The Hall–Kier alpha value is -3.86. The SMILES string of the molecule is Cn1c(=O)c(O)c(C(=O)NCc2cccc(-c3ccccc3)c2)c2ccccc21. The van der Waals surface area contributed by atoms with E-state index in [4.69, 9.17) is 0 Å². The number of fused-ring (bicyclic) bond motifs is 1. The predicted molar refractivity (Wildman–Crippen MR) is 114 cm³/mol. The first-order valence-corrected chi connectivity index (χ1v) is 9.29. The Bertz CT molecular complexity index is 1260. The molecule has 1 amide bonds. The van der Waals surface area contributed by atoms with E-state index < -0.39 is 17.2 Å². The Morgan fingerprint density at radius 2 is 1.62 bits per heavy atom. The lowest BCUT2D eigenvalue weighted by atomic mass is 10.0. The zero-order valence-electron chi connectivity index (χ0n) is 15.9. The molecule has 5 heteroatoms. The van der Waals surface area contributed by atoms with Crippen molar-refractivity contribution >= 4 is 16.8 Å². The quantitative estimate of drug-likeness (QED) is 0.562. The van der Waals surface area contributed by atoms with Gasteiger partial charge in [0.1, 0.15) is 0 Å². The summed E-state index contributed by atoms with van der Waals surface area (Å²) in [5.74, 6) is -1.02. The average molecular weight is 384 g/mol. The Morgan fingerprint density at radius 3 is 2.41 bits per heavy atom. The van der Waals surface area contributed by atoms with E-state index in [1.165, 1.54) is 4.57 Å². The molecule has 0 atom stereocenters. The number of benzene rings is 3. The Morgan fingerprint density at radius 1 is 0.931 bits per heavy atom. The summed E-state index contributed by atoms with van der Waals surface area (Å²) < 4.78 is 1.34. The molecular formula is C24H20N2O3. The molecule has 1 heterocycles. The van der Waals surface area contributed by atoms with Crippen molar-refractivity contribution in [2.75, 3.05) is 0 Å². The van der Waals surface area contributed by atoms with Gasteiger partial charge in [-0.25, -0.2) is 0 Å². The third-order valence-corrected chi connectivity index (χ3v) is 4.99. The van der Waals surface area contributed by atoms with Gasteiger partial charge in [-0.2, -0.15) is 0 Å². The van der Waals surface area contributed by atoms with Gasteiger partial charge >= 0.3 is 0 Å². The van der Waals surface area contributed by atoms with Crippen LogP contribution in [0.25, 0.3) is 22.0 Å². The molecule has 29 heavy (non-hydrogen) atoms. The van der Waals surface area contributed by atoms with E-state index in [9.17, 15) is 14.7 Å². The van der Waals surface area contributed by atoms with Crippen LogP contribution in [-0.2, 0) is 13.6 Å². The highest BCUT2D eigenvalue weighted by atomic mass is 16.3. The van der Waals surface area contributed by atoms with E-state index >= 15 is 0 Å². The van der Waals surface area contributed by atoms with E-state index in [1.54, 1.807) is 31.3 Å². The minimum atomic E-state index is -0.597. The number of carbonyl (C=O) groups is 1. The number of hydrogen-bond donors (Lipinski definition) is 2. The summed E-state index contributed by atoms with van der Waals surface area (Å²) in [7, 11) is 1.57. The summed E-state index contributed by atoms with van der Waals surface area (Å²) in [6.07, 6.45) is 0. The first kappa shape index (κ1) is 18.5. The monoisotopic (exact) mass is 384 g/mol. The smallest absolute Gasteiger partial charge is 0.293 e. The molecule has 0 spiro atoms. The van der Waals surface area contributed by atoms with Crippen LogP contribution in [-0.4, -0.2) is 15.6 Å². The fourth-order valence-corrected chi connectivity index (χ4v) is 3.47. The van der Waals surface area contributed by atoms with Gasteiger partial charge in [-0.3, -0.25) is 9.59 Å². The van der Waals surface area contributed by atoms with Gasteiger partial charge in [-0.1, -0.05) is 66.7 Å². The van der Waals surface area contributed by atoms with Gasteiger partial charge in [-0.05, 0) is 28.8 Å². The molecule has 0 saturated heterocycles. The van der Waals surface area contributed by atoms with Gasteiger partial charge in [0.05, 0.1) is 11.1 Å². The second kappa shape index (κ2) is 7.64. The molecule has 5 nitrogen and oxygen atoms in total. The van der Waals surface area contributed by atoms with Crippen LogP contribution in [0.1, 0.15) is 15.9 Å². The molecular weight excluding hydrogens is 364 g/mol. The number of hydrogen-bond acceptors (Lipinski definition) is 3. The fraction of sp³-hybridized carbons (Fsp3) is 0.0833. The van der Waals surface area contributed by atoms with Crippen molar-refractivity contribution < 1.29 is 9.90 Å². The van der Waals surface area contributed by atoms with Gasteiger partial charge in [0, 0.05) is 19.0 Å². The minimum Gasteiger partial charge on any atom is -0.502 e. The maximum atomic E-state index is 12.9. The number of carbonyl (C=O) groups excluding carboxylic acids is 1. The molecule has 0 aliphatic heterocycles.